The monoisotopic (exact) mass is 344 g/mol. The maximum absolute atomic E-state index is 12.2. The number of halogens is 3. The largest absolute Gasteiger partial charge is 0.573 e. The lowest BCUT2D eigenvalue weighted by Gasteiger charge is -2.41. The van der Waals surface area contributed by atoms with Crippen molar-refractivity contribution in [2.45, 2.75) is 12.4 Å². The number of carbonyl (C=O) groups is 3. The van der Waals surface area contributed by atoms with Gasteiger partial charge >= 0.3 is 12.5 Å². The number of carbonyl (C=O) groups excluding carboxylic acids is 3. The highest BCUT2D eigenvalue weighted by Gasteiger charge is 2.44. The fourth-order valence-electron chi connectivity index (χ4n) is 2.48. The third kappa shape index (κ3) is 3.12. The zero-order chi connectivity index (χ0) is 17.5. The summed E-state index contributed by atoms with van der Waals surface area (Å²) >= 11 is 0. The Bertz CT molecular complexity index is 667. The van der Waals surface area contributed by atoms with Crippen molar-refractivity contribution in [1.29, 1.82) is 0 Å². The van der Waals surface area contributed by atoms with Crippen LogP contribution < -0.4 is 4.74 Å². The molecule has 128 valence electrons. The van der Waals surface area contributed by atoms with Crippen molar-refractivity contribution in [2.24, 2.45) is 0 Å². The molecule has 2 fully saturated rings. The Balaban J connectivity index is 1.58. The van der Waals surface area contributed by atoms with E-state index < -0.39 is 36.1 Å². The first kappa shape index (κ1) is 16.1. The summed E-state index contributed by atoms with van der Waals surface area (Å²) in [6.07, 6.45) is -5.53. The van der Waals surface area contributed by atoms with Gasteiger partial charge in [0.15, 0.2) is 6.61 Å². The van der Waals surface area contributed by atoms with Crippen LogP contribution in [0.4, 0.5) is 18.0 Å². The van der Waals surface area contributed by atoms with Crippen LogP contribution in [0, 0.1) is 0 Å². The first-order valence-electron chi connectivity index (χ1n) is 6.88. The highest BCUT2D eigenvalue weighted by atomic mass is 19.4. The number of cyclic esters (lactones) is 1. The number of ether oxygens (including phenoxy) is 2. The van der Waals surface area contributed by atoms with Gasteiger partial charge in [-0.3, -0.25) is 9.59 Å². The molecule has 0 N–H and O–H groups in total. The summed E-state index contributed by atoms with van der Waals surface area (Å²) in [5.41, 5.74) is 0.179. The zero-order valence-electron chi connectivity index (χ0n) is 12.1. The van der Waals surface area contributed by atoms with Crippen molar-refractivity contribution in [2.75, 3.05) is 19.7 Å². The van der Waals surface area contributed by atoms with Crippen LogP contribution in [0.2, 0.25) is 0 Å². The minimum atomic E-state index is -4.80. The number of likely N-dealkylation sites (tertiary alicyclic amines) is 1. The van der Waals surface area contributed by atoms with Crippen LogP contribution in [0.15, 0.2) is 24.3 Å². The highest BCUT2D eigenvalue weighted by molar-refractivity contribution is 5.99. The fourth-order valence-corrected chi connectivity index (χ4v) is 2.48. The van der Waals surface area contributed by atoms with Gasteiger partial charge in [0, 0.05) is 18.7 Å². The summed E-state index contributed by atoms with van der Waals surface area (Å²) in [5, 5.41) is 0. The van der Waals surface area contributed by atoms with Crippen molar-refractivity contribution in [3.8, 4) is 5.75 Å². The first-order chi connectivity index (χ1) is 11.2. The van der Waals surface area contributed by atoms with Crippen molar-refractivity contribution in [3.05, 3.63) is 29.8 Å². The number of hydrogen-bond acceptors (Lipinski definition) is 5. The molecule has 7 nitrogen and oxygen atoms in total. The molecule has 2 heterocycles. The minimum Gasteiger partial charge on any atom is -0.439 e. The third-order valence-corrected chi connectivity index (χ3v) is 3.63. The SMILES string of the molecule is O=C(c1ccc(OC(F)(F)F)cc1)N1CC(N2C(=O)COC2=O)C1. The molecule has 10 heteroatoms. The quantitative estimate of drug-likeness (QED) is 0.828. The summed E-state index contributed by atoms with van der Waals surface area (Å²) in [7, 11) is 0. The van der Waals surface area contributed by atoms with E-state index in [9.17, 15) is 27.6 Å². The number of hydrogen-bond donors (Lipinski definition) is 0. The average molecular weight is 344 g/mol. The summed E-state index contributed by atoms with van der Waals surface area (Å²) in [6, 6.07) is 4.07. The molecule has 0 unspecified atom stereocenters. The number of rotatable bonds is 3. The maximum atomic E-state index is 12.2. The molecule has 2 aliphatic heterocycles. The van der Waals surface area contributed by atoms with Crippen LogP contribution in [-0.2, 0) is 9.53 Å². The molecule has 0 aromatic heterocycles. The van der Waals surface area contributed by atoms with E-state index in [1.807, 2.05) is 0 Å². The van der Waals surface area contributed by atoms with Crippen LogP contribution in [-0.4, -0.2) is 59.8 Å². The van der Waals surface area contributed by atoms with Gasteiger partial charge in [-0.25, -0.2) is 9.69 Å². The van der Waals surface area contributed by atoms with Gasteiger partial charge in [-0.1, -0.05) is 0 Å². The summed E-state index contributed by atoms with van der Waals surface area (Å²) in [4.78, 5) is 37.4. The molecular formula is C14H11F3N2O5. The smallest absolute Gasteiger partial charge is 0.439 e. The number of imide groups is 1. The number of alkyl halides is 3. The number of benzene rings is 1. The highest BCUT2D eigenvalue weighted by Crippen LogP contribution is 2.25. The van der Waals surface area contributed by atoms with Crippen LogP contribution >= 0.6 is 0 Å². The molecule has 24 heavy (non-hydrogen) atoms. The van der Waals surface area contributed by atoms with Gasteiger partial charge in [0.05, 0.1) is 6.04 Å². The Hall–Kier alpha value is -2.78. The van der Waals surface area contributed by atoms with Gasteiger partial charge in [0.2, 0.25) is 0 Å². The topological polar surface area (TPSA) is 76.2 Å². The Morgan fingerprint density at radius 1 is 1.17 bits per heavy atom. The minimum absolute atomic E-state index is 0.153. The standard InChI is InChI=1S/C14H11F3N2O5/c15-14(16,17)24-10-3-1-8(2-4-10)12(21)18-5-9(6-18)19-11(20)7-23-13(19)22/h1-4,9H,5-7H2. The predicted octanol–water partition coefficient (Wildman–Crippen LogP) is 1.39. The Morgan fingerprint density at radius 3 is 2.29 bits per heavy atom. The first-order valence-corrected chi connectivity index (χ1v) is 6.88. The molecule has 0 spiro atoms. The second kappa shape index (κ2) is 5.69. The van der Waals surface area contributed by atoms with Gasteiger partial charge in [-0.15, -0.1) is 13.2 Å². The number of nitrogens with zero attached hydrogens (tertiary/aromatic N) is 2. The van der Waals surface area contributed by atoms with Gasteiger partial charge in [-0.05, 0) is 24.3 Å². The van der Waals surface area contributed by atoms with E-state index in [-0.39, 0.29) is 25.3 Å². The van der Waals surface area contributed by atoms with E-state index in [4.69, 9.17) is 0 Å². The second-order valence-corrected chi connectivity index (χ2v) is 5.25. The molecule has 3 amide bonds. The molecule has 0 bridgehead atoms. The summed E-state index contributed by atoms with van der Waals surface area (Å²) < 4.78 is 44.6. The summed E-state index contributed by atoms with van der Waals surface area (Å²) in [6.45, 7) is 0.00486. The van der Waals surface area contributed by atoms with Crippen LogP contribution in [0.1, 0.15) is 10.4 Å². The lowest BCUT2D eigenvalue weighted by Crippen LogP contribution is -2.62. The van der Waals surface area contributed by atoms with Crippen LogP contribution in [0.5, 0.6) is 5.75 Å². The van der Waals surface area contributed by atoms with Crippen LogP contribution in [0.3, 0.4) is 0 Å². The second-order valence-electron chi connectivity index (χ2n) is 5.25. The molecule has 2 saturated heterocycles. The molecule has 0 atom stereocenters. The molecule has 0 saturated carbocycles. The molecule has 0 aliphatic carbocycles. The van der Waals surface area contributed by atoms with E-state index in [0.717, 1.165) is 17.0 Å². The predicted molar refractivity (Wildman–Crippen MR) is 71.0 cm³/mol. The van der Waals surface area contributed by atoms with Crippen molar-refractivity contribution in [1.82, 2.24) is 9.80 Å². The molecular weight excluding hydrogens is 333 g/mol. The van der Waals surface area contributed by atoms with Crippen LogP contribution in [0.25, 0.3) is 0 Å². The average Bonchev–Trinajstić information content (AvgIpc) is 2.77. The van der Waals surface area contributed by atoms with Crippen molar-refractivity contribution >= 4 is 17.9 Å². The van der Waals surface area contributed by atoms with E-state index in [1.165, 1.54) is 17.0 Å². The maximum Gasteiger partial charge on any atom is 0.573 e. The Kier molecular flexibility index (Phi) is 3.82. The van der Waals surface area contributed by atoms with Crippen molar-refractivity contribution in [3.63, 3.8) is 0 Å². The molecule has 2 aliphatic rings. The normalized spacial score (nSPS) is 18.5. The van der Waals surface area contributed by atoms with Gasteiger partial charge in [0.25, 0.3) is 11.8 Å². The lowest BCUT2D eigenvalue weighted by atomic mass is 10.1. The molecule has 1 aromatic carbocycles. The van der Waals surface area contributed by atoms with Gasteiger partial charge in [-0.2, -0.15) is 0 Å². The molecule has 0 radical (unpaired) electrons. The third-order valence-electron chi connectivity index (χ3n) is 3.63. The van der Waals surface area contributed by atoms with Gasteiger partial charge < -0.3 is 14.4 Å². The van der Waals surface area contributed by atoms with E-state index in [1.54, 1.807) is 0 Å². The van der Waals surface area contributed by atoms with E-state index in [0.29, 0.717) is 0 Å². The van der Waals surface area contributed by atoms with E-state index >= 15 is 0 Å². The number of amides is 3. The fraction of sp³-hybridized carbons (Fsp3) is 0.357. The van der Waals surface area contributed by atoms with Crippen molar-refractivity contribution < 1.29 is 37.0 Å². The zero-order valence-corrected chi connectivity index (χ0v) is 12.1. The lowest BCUT2D eigenvalue weighted by molar-refractivity contribution is -0.274. The molecule has 3 rings (SSSR count). The summed E-state index contributed by atoms with van der Waals surface area (Å²) in [5.74, 6) is -1.29. The Morgan fingerprint density at radius 2 is 1.79 bits per heavy atom. The Labute approximate surface area is 133 Å². The van der Waals surface area contributed by atoms with E-state index in [2.05, 4.69) is 9.47 Å². The van der Waals surface area contributed by atoms with Gasteiger partial charge in [0.1, 0.15) is 5.75 Å². The molecule has 1 aromatic rings.